The number of carboxylic acids is 1. The van der Waals surface area contributed by atoms with Crippen molar-refractivity contribution in [2.24, 2.45) is 0 Å². The summed E-state index contributed by atoms with van der Waals surface area (Å²) in [6.07, 6.45) is 1.81. The number of benzene rings is 1. The molecule has 0 bridgehead atoms. The van der Waals surface area contributed by atoms with E-state index in [1.165, 1.54) is 0 Å². The Morgan fingerprint density at radius 2 is 2.04 bits per heavy atom. The minimum absolute atomic E-state index is 0.0344. The Hall–Kier alpha value is -2.34. The highest BCUT2D eigenvalue weighted by Crippen LogP contribution is 2.26. The molecule has 24 heavy (non-hydrogen) atoms. The number of aromatic nitrogens is 2. The summed E-state index contributed by atoms with van der Waals surface area (Å²) in [5, 5.41) is 12.3. The monoisotopic (exact) mass is 349 g/mol. The van der Waals surface area contributed by atoms with Gasteiger partial charge in [0, 0.05) is 11.6 Å². The van der Waals surface area contributed by atoms with Crippen molar-refractivity contribution in [3.8, 4) is 11.3 Å². The average Bonchev–Trinajstić information content (AvgIpc) is 2.53. The largest absolute Gasteiger partial charge is 0.480 e. The first-order chi connectivity index (χ1) is 11.4. The van der Waals surface area contributed by atoms with Gasteiger partial charge in [-0.05, 0) is 13.3 Å². The zero-order chi connectivity index (χ0) is 17.7. The maximum atomic E-state index is 12.7. The molecule has 1 heterocycles. The summed E-state index contributed by atoms with van der Waals surface area (Å²) in [6.45, 7) is 3.49. The van der Waals surface area contributed by atoms with Crippen LogP contribution in [0.5, 0.6) is 0 Å². The topological polar surface area (TPSA) is 84.2 Å². The Morgan fingerprint density at radius 3 is 2.62 bits per heavy atom. The Bertz CT molecular complexity index is 775. The predicted molar refractivity (Wildman–Crippen MR) is 94.6 cm³/mol. The van der Waals surface area contributed by atoms with E-state index in [4.69, 9.17) is 16.7 Å². The number of nitrogens with one attached hydrogen (secondary N) is 1. The molecule has 0 saturated carbocycles. The maximum absolute atomic E-state index is 12.7. The highest BCUT2D eigenvalue weighted by atomic mass is 35.5. The summed E-state index contributed by atoms with van der Waals surface area (Å²) >= 11 is 6.28. The van der Waals surface area contributed by atoms with Crippen molar-refractivity contribution in [2.75, 3.05) is 5.32 Å². The minimum Gasteiger partial charge on any atom is -0.480 e. The van der Waals surface area contributed by atoms with Crippen molar-refractivity contribution in [2.45, 2.75) is 39.3 Å². The van der Waals surface area contributed by atoms with Crippen molar-refractivity contribution in [3.63, 3.8) is 0 Å². The Labute approximate surface area is 145 Å². The molecule has 1 unspecified atom stereocenters. The second-order valence-corrected chi connectivity index (χ2v) is 5.94. The summed E-state index contributed by atoms with van der Waals surface area (Å²) in [7, 11) is 0. The minimum atomic E-state index is -1.12. The highest BCUT2D eigenvalue weighted by Gasteiger charge is 2.19. The molecule has 6 nitrogen and oxygen atoms in total. The van der Waals surface area contributed by atoms with Crippen LogP contribution in [-0.4, -0.2) is 26.7 Å². The van der Waals surface area contributed by atoms with E-state index in [0.717, 1.165) is 17.4 Å². The quantitative estimate of drug-likeness (QED) is 0.801. The lowest BCUT2D eigenvalue weighted by Gasteiger charge is -2.17. The molecule has 0 saturated heterocycles. The Kier molecular flexibility index (Phi) is 5.98. The number of anilines is 1. The average molecular weight is 350 g/mol. The van der Waals surface area contributed by atoms with Crippen LogP contribution in [0.15, 0.2) is 35.1 Å². The third-order valence-corrected chi connectivity index (χ3v) is 3.83. The fraction of sp³-hybridized carbons (Fsp3) is 0.353. The van der Waals surface area contributed by atoms with Crippen LogP contribution >= 0.6 is 11.6 Å². The normalized spacial score (nSPS) is 12.0. The Morgan fingerprint density at radius 1 is 1.38 bits per heavy atom. The second-order valence-electron chi connectivity index (χ2n) is 5.58. The molecule has 0 aliphatic heterocycles. The molecule has 0 amide bonds. The molecule has 2 N–H and O–H groups in total. The third-order valence-electron chi connectivity index (χ3n) is 3.57. The Balaban J connectivity index is 2.58. The molecule has 0 aliphatic carbocycles. The van der Waals surface area contributed by atoms with E-state index in [9.17, 15) is 9.59 Å². The summed E-state index contributed by atoms with van der Waals surface area (Å²) in [5.74, 6) is -1.05. The molecule has 1 aromatic heterocycles. The lowest BCUT2D eigenvalue weighted by molar-refractivity contribution is -0.137. The number of hydrogen-bond donors (Lipinski definition) is 2. The number of halogens is 1. The van der Waals surface area contributed by atoms with Crippen molar-refractivity contribution in [1.29, 1.82) is 0 Å². The van der Waals surface area contributed by atoms with Crippen LogP contribution < -0.4 is 10.9 Å². The van der Waals surface area contributed by atoms with Gasteiger partial charge < -0.3 is 10.4 Å². The molecule has 0 aliphatic rings. The van der Waals surface area contributed by atoms with Gasteiger partial charge in [0.1, 0.15) is 6.54 Å². The molecule has 0 spiro atoms. The van der Waals surface area contributed by atoms with Crippen molar-refractivity contribution < 1.29 is 9.90 Å². The first-order valence-electron chi connectivity index (χ1n) is 7.78. The van der Waals surface area contributed by atoms with Gasteiger partial charge in [0.2, 0.25) is 0 Å². The molecular weight excluding hydrogens is 330 g/mol. The van der Waals surface area contributed by atoms with E-state index in [1.807, 2.05) is 19.9 Å². The first kappa shape index (κ1) is 18.0. The first-order valence-corrected chi connectivity index (χ1v) is 8.16. The highest BCUT2D eigenvalue weighted by molar-refractivity contribution is 6.32. The van der Waals surface area contributed by atoms with Crippen molar-refractivity contribution >= 4 is 23.4 Å². The van der Waals surface area contributed by atoms with Crippen LogP contribution in [0, 0.1) is 0 Å². The molecule has 0 radical (unpaired) electrons. The van der Waals surface area contributed by atoms with Crippen LogP contribution in [0.1, 0.15) is 26.7 Å². The summed E-state index contributed by atoms with van der Waals surface area (Å²) < 4.78 is 1.15. The van der Waals surface area contributed by atoms with E-state index >= 15 is 0 Å². The van der Waals surface area contributed by atoms with Gasteiger partial charge in [-0.15, -0.1) is 0 Å². The van der Waals surface area contributed by atoms with Crippen LogP contribution in [0.3, 0.4) is 0 Å². The molecule has 0 fully saturated rings. The van der Waals surface area contributed by atoms with Crippen molar-refractivity contribution in [1.82, 2.24) is 9.55 Å². The number of hydrogen-bond acceptors (Lipinski definition) is 4. The van der Waals surface area contributed by atoms with E-state index < -0.39 is 18.1 Å². The summed E-state index contributed by atoms with van der Waals surface area (Å²) in [5.41, 5.74) is 0.448. The van der Waals surface area contributed by atoms with Gasteiger partial charge in [-0.25, -0.2) is 4.98 Å². The van der Waals surface area contributed by atoms with Gasteiger partial charge in [0.25, 0.3) is 5.56 Å². The molecule has 2 rings (SSSR count). The standard InChI is InChI=1S/C17H20ClN3O3/c1-3-7-11(2)19-16-17(24)21(10-13(22)23)14(15(18)20-16)12-8-5-4-6-9-12/h4-6,8-9,11H,3,7,10H2,1-2H3,(H,19,20)(H,22,23). The number of nitrogens with zero attached hydrogens (tertiary/aromatic N) is 2. The van der Waals surface area contributed by atoms with Gasteiger partial charge >= 0.3 is 5.97 Å². The summed E-state index contributed by atoms with van der Waals surface area (Å²) in [6, 6.07) is 8.95. The zero-order valence-electron chi connectivity index (χ0n) is 13.6. The molecule has 7 heteroatoms. The van der Waals surface area contributed by atoms with E-state index in [0.29, 0.717) is 11.3 Å². The van der Waals surface area contributed by atoms with Crippen LogP contribution in [0.2, 0.25) is 5.15 Å². The molecule has 1 aromatic carbocycles. The van der Waals surface area contributed by atoms with Gasteiger partial charge in [-0.2, -0.15) is 0 Å². The lowest BCUT2D eigenvalue weighted by Crippen LogP contribution is -2.31. The van der Waals surface area contributed by atoms with Crippen LogP contribution in [0.25, 0.3) is 11.3 Å². The van der Waals surface area contributed by atoms with Crippen LogP contribution in [-0.2, 0) is 11.3 Å². The number of rotatable bonds is 7. The van der Waals surface area contributed by atoms with Crippen LogP contribution in [0.4, 0.5) is 5.82 Å². The number of carbonyl (C=O) groups is 1. The van der Waals surface area contributed by atoms with Gasteiger partial charge in [0.05, 0.1) is 5.69 Å². The zero-order valence-corrected chi connectivity index (χ0v) is 14.4. The molecule has 2 aromatic rings. The van der Waals surface area contributed by atoms with E-state index in [2.05, 4.69) is 10.3 Å². The smallest absolute Gasteiger partial charge is 0.323 e. The van der Waals surface area contributed by atoms with Gasteiger partial charge in [-0.1, -0.05) is 55.3 Å². The molecular formula is C17H20ClN3O3. The van der Waals surface area contributed by atoms with Crippen molar-refractivity contribution in [3.05, 3.63) is 45.8 Å². The van der Waals surface area contributed by atoms with Gasteiger partial charge in [-0.3, -0.25) is 14.2 Å². The SMILES string of the molecule is CCCC(C)Nc1nc(Cl)c(-c2ccccc2)n(CC(=O)O)c1=O. The molecule has 128 valence electrons. The number of aliphatic carboxylic acids is 1. The predicted octanol–water partition coefficient (Wildman–Crippen LogP) is 3.25. The fourth-order valence-corrected chi connectivity index (χ4v) is 2.82. The van der Waals surface area contributed by atoms with E-state index in [1.54, 1.807) is 24.3 Å². The molecule has 1 atom stereocenters. The lowest BCUT2D eigenvalue weighted by atomic mass is 10.1. The number of carboxylic acid groups (broad SMARTS) is 1. The maximum Gasteiger partial charge on any atom is 0.323 e. The van der Waals surface area contributed by atoms with Gasteiger partial charge in [0.15, 0.2) is 11.0 Å². The third kappa shape index (κ3) is 4.14. The fourth-order valence-electron chi connectivity index (χ4n) is 2.53. The summed E-state index contributed by atoms with van der Waals surface area (Å²) in [4.78, 5) is 28.1. The van der Waals surface area contributed by atoms with E-state index in [-0.39, 0.29) is 17.0 Å². The second kappa shape index (κ2) is 7.97.